The number of nitrogens with zero attached hydrogens (tertiary/aromatic N) is 3. The van der Waals surface area contributed by atoms with Gasteiger partial charge in [0.25, 0.3) is 5.56 Å². The van der Waals surface area contributed by atoms with Gasteiger partial charge in [0, 0.05) is 26.1 Å². The van der Waals surface area contributed by atoms with E-state index in [1.807, 2.05) is 0 Å². The predicted octanol–water partition coefficient (Wildman–Crippen LogP) is 4.12. The molecule has 0 fully saturated rings. The van der Waals surface area contributed by atoms with Crippen LogP contribution in [0.2, 0.25) is 0 Å². The lowest BCUT2D eigenvalue weighted by Crippen LogP contribution is -2.38. The molecule has 4 rings (SSSR count). The molecule has 1 heterocycles. The van der Waals surface area contributed by atoms with Crippen LogP contribution in [0.25, 0.3) is 16.6 Å². The Bertz CT molecular complexity index is 1540. The molecule has 4 aromatic rings. The smallest absolute Gasteiger partial charge is 0.419 e. The molecule has 11 heteroatoms. The highest BCUT2D eigenvalue weighted by Crippen LogP contribution is 2.31. The number of carbonyl (C=O) groups is 1. The Hall–Kier alpha value is -4.25. The maximum atomic E-state index is 14.0. The fourth-order valence-electron chi connectivity index (χ4n) is 4.28. The van der Waals surface area contributed by atoms with Gasteiger partial charge in [-0.05, 0) is 54.1 Å². The van der Waals surface area contributed by atoms with Crippen molar-refractivity contribution in [2.75, 3.05) is 26.7 Å². The predicted molar refractivity (Wildman–Crippen MR) is 138 cm³/mol. The summed E-state index contributed by atoms with van der Waals surface area (Å²) in [5, 5.41) is 0.427. The van der Waals surface area contributed by atoms with Crippen molar-refractivity contribution in [2.24, 2.45) is 5.73 Å². The van der Waals surface area contributed by atoms with Gasteiger partial charge in [-0.1, -0.05) is 18.2 Å². The van der Waals surface area contributed by atoms with Gasteiger partial charge in [0.2, 0.25) is 5.91 Å². The SMILES string of the molecule is COc1ccc(-n2c(CCN(CCN)C(=O)Cc3ccc(C(F)(F)F)c(F)c3)nc3ccccc3c2=O)cc1. The molecule has 39 heavy (non-hydrogen) atoms. The molecule has 0 aliphatic carbocycles. The molecule has 0 aliphatic heterocycles. The second-order valence-corrected chi connectivity index (χ2v) is 8.79. The van der Waals surface area contributed by atoms with Crippen LogP contribution in [0.5, 0.6) is 5.75 Å². The first kappa shape index (κ1) is 27.8. The van der Waals surface area contributed by atoms with E-state index in [1.54, 1.807) is 48.5 Å². The Morgan fingerprint density at radius 1 is 1.05 bits per heavy atom. The van der Waals surface area contributed by atoms with Crippen LogP contribution in [0.15, 0.2) is 71.5 Å². The number of halogens is 4. The first-order valence-electron chi connectivity index (χ1n) is 12.1. The molecule has 0 atom stereocenters. The number of hydrogen-bond donors (Lipinski definition) is 1. The molecule has 204 valence electrons. The highest BCUT2D eigenvalue weighted by atomic mass is 19.4. The number of alkyl halides is 3. The summed E-state index contributed by atoms with van der Waals surface area (Å²) in [5.41, 5.74) is 5.20. The minimum atomic E-state index is -4.83. The van der Waals surface area contributed by atoms with Gasteiger partial charge in [-0.2, -0.15) is 13.2 Å². The van der Waals surface area contributed by atoms with Crippen LogP contribution in [-0.4, -0.2) is 47.1 Å². The highest BCUT2D eigenvalue weighted by Gasteiger charge is 2.34. The van der Waals surface area contributed by atoms with E-state index in [4.69, 9.17) is 10.5 Å². The van der Waals surface area contributed by atoms with Gasteiger partial charge in [-0.3, -0.25) is 14.2 Å². The quantitative estimate of drug-likeness (QED) is 0.322. The third kappa shape index (κ3) is 6.26. The van der Waals surface area contributed by atoms with E-state index in [1.165, 1.54) is 16.6 Å². The topological polar surface area (TPSA) is 90.4 Å². The summed E-state index contributed by atoms with van der Waals surface area (Å²) in [4.78, 5) is 32.6. The Morgan fingerprint density at radius 3 is 2.41 bits per heavy atom. The monoisotopic (exact) mass is 542 g/mol. The summed E-state index contributed by atoms with van der Waals surface area (Å²) >= 11 is 0. The third-order valence-corrected chi connectivity index (χ3v) is 6.23. The van der Waals surface area contributed by atoms with Crippen LogP contribution >= 0.6 is 0 Å². The zero-order valence-electron chi connectivity index (χ0n) is 21.0. The number of carbonyl (C=O) groups excluding carboxylic acids is 1. The minimum absolute atomic E-state index is 0.103. The average Bonchev–Trinajstić information content (AvgIpc) is 2.90. The normalized spacial score (nSPS) is 11.5. The molecule has 2 N–H and O–H groups in total. The number of ether oxygens (including phenoxy) is 1. The molecule has 7 nitrogen and oxygen atoms in total. The van der Waals surface area contributed by atoms with Crippen molar-refractivity contribution in [2.45, 2.75) is 19.0 Å². The Morgan fingerprint density at radius 2 is 1.77 bits per heavy atom. The molecule has 0 saturated carbocycles. The lowest BCUT2D eigenvalue weighted by molar-refractivity contribution is -0.140. The third-order valence-electron chi connectivity index (χ3n) is 6.23. The maximum absolute atomic E-state index is 14.0. The Balaban J connectivity index is 1.61. The molecule has 0 radical (unpaired) electrons. The summed E-state index contributed by atoms with van der Waals surface area (Å²) in [6.45, 7) is 0.409. The van der Waals surface area contributed by atoms with E-state index in [-0.39, 0.29) is 43.6 Å². The largest absolute Gasteiger partial charge is 0.497 e. The Labute approximate surface area is 221 Å². The van der Waals surface area contributed by atoms with Crippen molar-refractivity contribution in [3.05, 3.63) is 99.9 Å². The van der Waals surface area contributed by atoms with Gasteiger partial charge in [-0.15, -0.1) is 0 Å². The summed E-state index contributed by atoms with van der Waals surface area (Å²) in [5.74, 6) is -0.874. The maximum Gasteiger partial charge on any atom is 0.419 e. The van der Waals surface area contributed by atoms with E-state index in [0.717, 1.165) is 6.07 Å². The van der Waals surface area contributed by atoms with Crippen LogP contribution in [-0.2, 0) is 23.8 Å². The second kappa shape index (κ2) is 11.6. The molecule has 0 unspecified atom stereocenters. The first-order valence-corrected chi connectivity index (χ1v) is 12.1. The molecule has 0 saturated heterocycles. The standard InChI is InChI=1S/C28H26F4N4O3/c1-39-20-9-7-19(8-10-20)36-25(34-24-5-3-2-4-21(24)27(36)38)12-14-35(15-13-33)26(37)17-18-6-11-22(23(29)16-18)28(30,31)32/h2-11,16H,12-15,17,33H2,1H3. The summed E-state index contributed by atoms with van der Waals surface area (Å²) in [7, 11) is 1.53. The second-order valence-electron chi connectivity index (χ2n) is 8.79. The van der Waals surface area contributed by atoms with Crippen LogP contribution < -0.4 is 16.0 Å². The molecule has 1 aromatic heterocycles. The molecular weight excluding hydrogens is 516 g/mol. The molecule has 0 spiro atoms. The molecule has 0 bridgehead atoms. The van der Waals surface area contributed by atoms with Gasteiger partial charge in [0.15, 0.2) is 0 Å². The van der Waals surface area contributed by atoms with E-state index < -0.39 is 23.5 Å². The zero-order valence-corrected chi connectivity index (χ0v) is 21.0. The number of para-hydroxylation sites is 1. The number of fused-ring (bicyclic) bond motifs is 1. The first-order chi connectivity index (χ1) is 18.6. The number of nitrogens with two attached hydrogens (primary N) is 1. The van der Waals surface area contributed by atoms with E-state index in [9.17, 15) is 27.2 Å². The van der Waals surface area contributed by atoms with Crippen molar-refractivity contribution in [3.8, 4) is 11.4 Å². The fourth-order valence-corrected chi connectivity index (χ4v) is 4.28. The minimum Gasteiger partial charge on any atom is -0.497 e. The molecule has 3 aromatic carbocycles. The molecule has 0 aliphatic rings. The van der Waals surface area contributed by atoms with Crippen molar-refractivity contribution in [1.82, 2.24) is 14.5 Å². The Kier molecular flexibility index (Phi) is 8.29. The van der Waals surface area contributed by atoms with Gasteiger partial charge < -0.3 is 15.4 Å². The van der Waals surface area contributed by atoms with E-state index in [2.05, 4.69) is 4.98 Å². The van der Waals surface area contributed by atoms with Crippen LogP contribution in [0.4, 0.5) is 17.6 Å². The number of amides is 1. The van der Waals surface area contributed by atoms with Crippen molar-refractivity contribution < 1.29 is 27.1 Å². The summed E-state index contributed by atoms with van der Waals surface area (Å²) < 4.78 is 59.4. The summed E-state index contributed by atoms with van der Waals surface area (Å²) in [6, 6.07) is 16.2. The molecular formula is C28H26F4N4O3. The fraction of sp³-hybridized carbons (Fsp3) is 0.250. The van der Waals surface area contributed by atoms with Gasteiger partial charge in [0.05, 0.1) is 35.7 Å². The van der Waals surface area contributed by atoms with Crippen molar-refractivity contribution in [1.29, 1.82) is 0 Å². The van der Waals surface area contributed by atoms with Crippen LogP contribution in [0, 0.1) is 5.82 Å². The zero-order chi connectivity index (χ0) is 28.2. The number of hydrogen-bond acceptors (Lipinski definition) is 5. The van der Waals surface area contributed by atoms with E-state index >= 15 is 0 Å². The number of rotatable bonds is 9. The lowest BCUT2D eigenvalue weighted by atomic mass is 10.1. The van der Waals surface area contributed by atoms with Gasteiger partial charge >= 0.3 is 6.18 Å². The summed E-state index contributed by atoms with van der Waals surface area (Å²) in [6.07, 6.45) is -4.96. The molecule has 1 amide bonds. The van der Waals surface area contributed by atoms with Crippen LogP contribution in [0.3, 0.4) is 0 Å². The van der Waals surface area contributed by atoms with Crippen molar-refractivity contribution >= 4 is 16.8 Å². The number of methoxy groups -OCH3 is 1. The highest BCUT2D eigenvalue weighted by molar-refractivity contribution is 5.79. The number of aromatic nitrogens is 2. The van der Waals surface area contributed by atoms with Gasteiger partial charge in [-0.25, -0.2) is 9.37 Å². The van der Waals surface area contributed by atoms with E-state index in [0.29, 0.717) is 40.3 Å². The lowest BCUT2D eigenvalue weighted by Gasteiger charge is -2.23. The average molecular weight is 543 g/mol. The van der Waals surface area contributed by atoms with Gasteiger partial charge in [0.1, 0.15) is 17.4 Å². The van der Waals surface area contributed by atoms with Crippen molar-refractivity contribution in [3.63, 3.8) is 0 Å². The van der Waals surface area contributed by atoms with Crippen LogP contribution in [0.1, 0.15) is 17.0 Å². The number of benzene rings is 3.